The Kier molecular flexibility index (Phi) is 4.82. The summed E-state index contributed by atoms with van der Waals surface area (Å²) in [6, 6.07) is 10.9. The number of fused-ring (bicyclic) bond motifs is 1. The maximum absolute atomic E-state index is 13.0. The summed E-state index contributed by atoms with van der Waals surface area (Å²) in [5, 5.41) is 0.501. The third kappa shape index (κ3) is 3.22. The van der Waals surface area contributed by atoms with Crippen molar-refractivity contribution in [2.45, 2.75) is 23.6 Å². The molecule has 0 radical (unpaired) electrons. The predicted octanol–water partition coefficient (Wildman–Crippen LogP) is 3.61. The number of nitrogens with zero attached hydrogens (tertiary/aromatic N) is 1. The van der Waals surface area contributed by atoms with Gasteiger partial charge in [-0.2, -0.15) is 0 Å². The quantitative estimate of drug-likeness (QED) is 0.503. The first kappa shape index (κ1) is 18.1. The van der Waals surface area contributed by atoms with Crippen LogP contribution in [0.2, 0.25) is 0 Å². The second-order valence-corrected chi connectivity index (χ2v) is 7.67. The summed E-state index contributed by atoms with van der Waals surface area (Å²) in [6.45, 7) is 5.62. The fourth-order valence-electron chi connectivity index (χ4n) is 2.79. The highest BCUT2D eigenvalue weighted by molar-refractivity contribution is 7.91. The lowest BCUT2D eigenvalue weighted by atomic mass is 10.2. The van der Waals surface area contributed by atoms with Crippen molar-refractivity contribution in [1.82, 2.24) is 0 Å². The lowest BCUT2D eigenvalue weighted by Crippen LogP contribution is -2.21. The number of halogens is 1. The molecular formula is C19H18FNO4S. The molecule has 0 fully saturated rings. The van der Waals surface area contributed by atoms with Crippen molar-refractivity contribution in [2.75, 3.05) is 18.0 Å². The largest absolute Gasteiger partial charge is 0.422 e. The summed E-state index contributed by atoms with van der Waals surface area (Å²) in [4.78, 5) is 13.8. The normalized spacial score (nSPS) is 11.7. The Morgan fingerprint density at radius 2 is 1.65 bits per heavy atom. The van der Waals surface area contributed by atoms with Gasteiger partial charge in [0.1, 0.15) is 11.4 Å². The number of rotatable bonds is 5. The molecule has 2 aromatic carbocycles. The Morgan fingerprint density at radius 3 is 2.27 bits per heavy atom. The number of hydrogen-bond donors (Lipinski definition) is 0. The molecule has 0 atom stereocenters. The van der Waals surface area contributed by atoms with E-state index in [9.17, 15) is 17.6 Å². The zero-order valence-corrected chi connectivity index (χ0v) is 15.2. The van der Waals surface area contributed by atoms with Crippen molar-refractivity contribution in [3.05, 3.63) is 64.8 Å². The molecule has 0 amide bonds. The molecule has 26 heavy (non-hydrogen) atoms. The van der Waals surface area contributed by atoms with Crippen LogP contribution in [0.1, 0.15) is 13.8 Å². The van der Waals surface area contributed by atoms with E-state index in [-0.39, 0.29) is 4.90 Å². The van der Waals surface area contributed by atoms with Gasteiger partial charge in [0.15, 0.2) is 4.90 Å². The van der Waals surface area contributed by atoms with Gasteiger partial charge >= 0.3 is 5.63 Å². The van der Waals surface area contributed by atoms with Crippen LogP contribution in [0.15, 0.2) is 67.5 Å². The minimum Gasteiger partial charge on any atom is -0.422 e. The number of benzene rings is 2. The Labute approximate surface area is 150 Å². The van der Waals surface area contributed by atoms with Crippen LogP contribution in [-0.2, 0) is 9.84 Å². The molecular weight excluding hydrogens is 357 g/mol. The number of sulfone groups is 1. The molecule has 0 spiro atoms. The smallest absolute Gasteiger partial charge is 0.355 e. The summed E-state index contributed by atoms with van der Waals surface area (Å²) >= 11 is 0. The molecule has 1 aromatic heterocycles. The molecule has 5 nitrogen and oxygen atoms in total. The van der Waals surface area contributed by atoms with Crippen LogP contribution < -0.4 is 10.5 Å². The van der Waals surface area contributed by atoms with E-state index in [1.54, 1.807) is 12.1 Å². The summed E-state index contributed by atoms with van der Waals surface area (Å²) < 4.78 is 43.7. The Hall–Kier alpha value is -2.67. The molecule has 0 aliphatic rings. The van der Waals surface area contributed by atoms with Gasteiger partial charge in [-0.05, 0) is 56.3 Å². The summed E-state index contributed by atoms with van der Waals surface area (Å²) in [7, 11) is -4.10. The lowest BCUT2D eigenvalue weighted by molar-refractivity contribution is 0.532. The van der Waals surface area contributed by atoms with Crippen molar-refractivity contribution < 1.29 is 17.2 Å². The van der Waals surface area contributed by atoms with Crippen LogP contribution in [0, 0.1) is 5.82 Å². The second kappa shape index (κ2) is 6.92. The van der Waals surface area contributed by atoms with Crippen molar-refractivity contribution in [3.63, 3.8) is 0 Å². The van der Waals surface area contributed by atoms with Crippen LogP contribution >= 0.6 is 0 Å². The van der Waals surface area contributed by atoms with Gasteiger partial charge in [0.25, 0.3) is 0 Å². The fraction of sp³-hybridized carbons (Fsp3) is 0.211. The van der Waals surface area contributed by atoms with Gasteiger partial charge in [0.05, 0.1) is 4.90 Å². The van der Waals surface area contributed by atoms with Crippen LogP contribution in [0.3, 0.4) is 0 Å². The van der Waals surface area contributed by atoms with E-state index in [1.165, 1.54) is 6.07 Å². The molecule has 0 aliphatic carbocycles. The maximum Gasteiger partial charge on any atom is 0.355 e. The van der Waals surface area contributed by atoms with Crippen LogP contribution in [0.25, 0.3) is 11.0 Å². The molecule has 0 saturated carbocycles. The minimum atomic E-state index is -4.10. The number of anilines is 1. The average molecular weight is 375 g/mol. The summed E-state index contributed by atoms with van der Waals surface area (Å²) in [5.74, 6) is -0.557. The van der Waals surface area contributed by atoms with E-state index >= 15 is 0 Å². The summed E-state index contributed by atoms with van der Waals surface area (Å²) in [5.41, 5.74) is 0.260. The molecule has 0 aliphatic heterocycles. The van der Waals surface area contributed by atoms with Crippen LogP contribution in [-0.4, -0.2) is 21.5 Å². The zero-order chi connectivity index (χ0) is 18.9. The van der Waals surface area contributed by atoms with E-state index in [2.05, 4.69) is 4.90 Å². The molecule has 3 rings (SSSR count). The van der Waals surface area contributed by atoms with Crippen LogP contribution in [0.5, 0.6) is 0 Å². The molecule has 0 bridgehead atoms. The van der Waals surface area contributed by atoms with Crippen molar-refractivity contribution in [3.8, 4) is 0 Å². The SMILES string of the molecule is CCN(CC)c1ccc2cc(S(=O)(=O)c3ccc(F)cc3)c(=O)oc2c1. The second-order valence-electron chi connectivity index (χ2n) is 5.75. The molecule has 7 heteroatoms. The van der Waals surface area contributed by atoms with E-state index in [0.717, 1.165) is 43.0 Å². The highest BCUT2D eigenvalue weighted by Crippen LogP contribution is 2.25. The topological polar surface area (TPSA) is 67.6 Å². The van der Waals surface area contributed by atoms with Gasteiger partial charge in [0, 0.05) is 30.2 Å². The lowest BCUT2D eigenvalue weighted by Gasteiger charge is -2.21. The Balaban J connectivity index is 2.13. The van der Waals surface area contributed by atoms with E-state index < -0.39 is 26.2 Å². The highest BCUT2D eigenvalue weighted by atomic mass is 32.2. The highest BCUT2D eigenvalue weighted by Gasteiger charge is 2.23. The van der Waals surface area contributed by atoms with E-state index in [0.29, 0.717) is 11.0 Å². The maximum atomic E-state index is 13.0. The first-order chi connectivity index (χ1) is 12.4. The third-order valence-corrected chi connectivity index (χ3v) is 5.99. The Morgan fingerprint density at radius 1 is 1.00 bits per heavy atom. The van der Waals surface area contributed by atoms with Gasteiger partial charge in [0.2, 0.25) is 9.84 Å². The minimum absolute atomic E-state index is 0.162. The molecule has 0 unspecified atom stereocenters. The van der Waals surface area contributed by atoms with Gasteiger partial charge in [-0.25, -0.2) is 17.6 Å². The zero-order valence-electron chi connectivity index (χ0n) is 14.4. The monoisotopic (exact) mass is 375 g/mol. The average Bonchev–Trinajstić information content (AvgIpc) is 2.62. The first-order valence-electron chi connectivity index (χ1n) is 8.20. The fourth-order valence-corrected chi connectivity index (χ4v) is 4.09. The molecule has 1 heterocycles. The van der Waals surface area contributed by atoms with Gasteiger partial charge in [-0.3, -0.25) is 0 Å². The molecule has 136 valence electrons. The molecule has 0 saturated heterocycles. The van der Waals surface area contributed by atoms with Gasteiger partial charge < -0.3 is 9.32 Å². The standard InChI is InChI=1S/C19H18FNO4S/c1-3-21(4-2)15-8-5-13-11-18(19(22)25-17(13)12-15)26(23,24)16-9-6-14(20)7-10-16/h5-12H,3-4H2,1-2H3. The van der Waals surface area contributed by atoms with E-state index in [1.807, 2.05) is 19.9 Å². The molecule has 3 aromatic rings. The number of hydrogen-bond acceptors (Lipinski definition) is 5. The van der Waals surface area contributed by atoms with Crippen molar-refractivity contribution in [1.29, 1.82) is 0 Å². The molecule has 0 N–H and O–H groups in total. The third-order valence-electron chi connectivity index (χ3n) is 4.23. The van der Waals surface area contributed by atoms with Crippen molar-refractivity contribution >= 4 is 26.5 Å². The van der Waals surface area contributed by atoms with Crippen LogP contribution in [0.4, 0.5) is 10.1 Å². The Bertz CT molecular complexity index is 1100. The van der Waals surface area contributed by atoms with Crippen molar-refractivity contribution in [2.24, 2.45) is 0 Å². The van der Waals surface area contributed by atoms with Gasteiger partial charge in [-0.1, -0.05) is 0 Å². The van der Waals surface area contributed by atoms with Gasteiger partial charge in [-0.15, -0.1) is 0 Å². The summed E-state index contributed by atoms with van der Waals surface area (Å²) in [6.07, 6.45) is 0. The first-order valence-corrected chi connectivity index (χ1v) is 9.68. The van der Waals surface area contributed by atoms with E-state index in [4.69, 9.17) is 4.42 Å². The predicted molar refractivity (Wildman–Crippen MR) is 97.9 cm³/mol.